The smallest absolute Gasteiger partial charge is 0.177 e. The first-order valence-electron chi connectivity index (χ1n) is 14.4. The van der Waals surface area contributed by atoms with Crippen LogP contribution in [-0.2, 0) is 17.8 Å². The number of ketones is 1. The van der Waals surface area contributed by atoms with E-state index in [0.29, 0.717) is 17.6 Å². The van der Waals surface area contributed by atoms with Gasteiger partial charge in [-0.05, 0) is 91.6 Å². The van der Waals surface area contributed by atoms with E-state index >= 15 is 0 Å². The minimum absolute atomic E-state index is 0.0445. The molecule has 7 nitrogen and oxygen atoms in total. The van der Waals surface area contributed by atoms with Crippen molar-refractivity contribution in [2.75, 3.05) is 39.6 Å². The summed E-state index contributed by atoms with van der Waals surface area (Å²) in [6, 6.07) is 4.45. The van der Waals surface area contributed by atoms with Gasteiger partial charge in [-0.3, -0.25) is 4.79 Å². The highest BCUT2D eigenvalue weighted by Gasteiger charge is 2.64. The molecule has 0 bridgehead atoms. The summed E-state index contributed by atoms with van der Waals surface area (Å²) in [4.78, 5) is 18.4. The molecule has 7 heteroatoms. The van der Waals surface area contributed by atoms with E-state index < -0.39 is 11.0 Å². The van der Waals surface area contributed by atoms with Gasteiger partial charge in [-0.15, -0.1) is 0 Å². The highest BCUT2D eigenvalue weighted by atomic mass is 16.1. The lowest BCUT2D eigenvalue weighted by Gasteiger charge is -2.58. The van der Waals surface area contributed by atoms with Crippen molar-refractivity contribution in [3.63, 3.8) is 0 Å². The number of anilines is 1. The van der Waals surface area contributed by atoms with Crippen LogP contribution in [-0.4, -0.2) is 57.0 Å². The molecule has 3 aliphatic carbocycles. The van der Waals surface area contributed by atoms with Crippen LogP contribution in [0.25, 0.3) is 5.57 Å². The Morgan fingerprint density at radius 1 is 1.27 bits per heavy atom. The highest BCUT2D eigenvalue weighted by Crippen LogP contribution is 2.59. The van der Waals surface area contributed by atoms with E-state index in [9.17, 15) is 10.1 Å². The van der Waals surface area contributed by atoms with Gasteiger partial charge in [-0.1, -0.05) is 40.0 Å². The lowest BCUT2D eigenvalue weighted by Crippen LogP contribution is -2.72. The van der Waals surface area contributed by atoms with Gasteiger partial charge in [-0.2, -0.15) is 5.26 Å². The Kier molecular flexibility index (Phi) is 7.71. The van der Waals surface area contributed by atoms with E-state index in [1.54, 1.807) is 0 Å². The molecule has 5 N–H and O–H groups in total. The van der Waals surface area contributed by atoms with E-state index in [4.69, 9.17) is 11.5 Å². The van der Waals surface area contributed by atoms with Gasteiger partial charge in [0.1, 0.15) is 0 Å². The number of nitrogens with zero attached hydrogens (tertiary/aromatic N) is 3. The van der Waals surface area contributed by atoms with Crippen LogP contribution in [0.3, 0.4) is 0 Å². The molecule has 0 saturated carbocycles. The van der Waals surface area contributed by atoms with Crippen LogP contribution in [0.4, 0.5) is 5.69 Å². The maximum Gasteiger partial charge on any atom is 0.177 e. The second-order valence-electron chi connectivity index (χ2n) is 14.1. The average molecular weight is 557 g/mol. The standard InChI is InChI=1S/C34H48N6O/c1-19-23(17-38-18-32(4,5)6)13-27(39(8)9)25-12-22-15-34(37)28(40(10)11)14-24(21(3)36)31(41)33(34,7)26(16-35)30(22)20(2)29(19)25/h13-14,22,28,38H,2-3,12,15,17-18,36-37H2,1,4-11H3/t22-,28+,33+,34+/m0/s1. The molecule has 0 amide bonds. The van der Waals surface area contributed by atoms with E-state index in [1.807, 2.05) is 32.0 Å². The molecule has 0 heterocycles. The second kappa shape index (κ2) is 10.3. The molecule has 0 unspecified atom stereocenters. The number of likely N-dealkylation sites (N-methyl/N-ethyl adjacent to an activating group) is 1. The number of benzene rings is 1. The molecule has 3 aliphatic rings. The maximum atomic E-state index is 14.2. The summed E-state index contributed by atoms with van der Waals surface area (Å²) < 4.78 is 0. The number of allylic oxidation sites excluding steroid dienone is 3. The predicted molar refractivity (Wildman–Crippen MR) is 169 cm³/mol. The number of hydrogen-bond donors (Lipinski definition) is 3. The van der Waals surface area contributed by atoms with Crippen LogP contribution in [0.2, 0.25) is 0 Å². The van der Waals surface area contributed by atoms with Crippen molar-refractivity contribution in [2.24, 2.45) is 28.2 Å². The SMILES string of the molecule is C=C(N)C1=C[C@@H](N(C)C)[C@]2(N)C[C@@H]3Cc4c(N(C)C)cc(CNCC(C)(C)C)c(C)c4C(=C)C3=C(C#N)[C@]2(C)C1=O. The zero-order valence-corrected chi connectivity index (χ0v) is 26.5. The molecule has 0 spiro atoms. The Labute approximate surface area is 246 Å². The van der Waals surface area contributed by atoms with Crippen LogP contribution >= 0.6 is 0 Å². The number of rotatable bonds is 6. The van der Waals surface area contributed by atoms with Crippen LogP contribution < -0.4 is 21.7 Å². The van der Waals surface area contributed by atoms with Crippen molar-refractivity contribution in [3.05, 3.63) is 70.0 Å². The third-order valence-electron chi connectivity index (χ3n) is 9.57. The maximum absolute atomic E-state index is 14.2. The quantitative estimate of drug-likeness (QED) is 0.481. The van der Waals surface area contributed by atoms with Crippen molar-refractivity contribution in [1.29, 1.82) is 5.26 Å². The van der Waals surface area contributed by atoms with Crippen LogP contribution in [0.5, 0.6) is 0 Å². The first-order chi connectivity index (χ1) is 18.9. The Morgan fingerprint density at radius 2 is 1.90 bits per heavy atom. The fraction of sp³-hybridized carbons (Fsp3) is 0.529. The summed E-state index contributed by atoms with van der Waals surface area (Å²) in [6.07, 6.45) is 3.12. The number of nitrogens with one attached hydrogen (secondary N) is 1. The summed E-state index contributed by atoms with van der Waals surface area (Å²) in [5.41, 5.74) is 19.8. The van der Waals surface area contributed by atoms with E-state index in [-0.39, 0.29) is 28.9 Å². The molecule has 1 aromatic rings. The summed E-state index contributed by atoms with van der Waals surface area (Å²) >= 11 is 0. The minimum Gasteiger partial charge on any atom is -0.399 e. The molecule has 0 aromatic heterocycles. The van der Waals surface area contributed by atoms with Gasteiger partial charge in [0.15, 0.2) is 5.78 Å². The van der Waals surface area contributed by atoms with Gasteiger partial charge in [0, 0.05) is 55.8 Å². The molecule has 41 heavy (non-hydrogen) atoms. The number of carbonyl (C=O) groups is 1. The van der Waals surface area contributed by atoms with Crippen molar-refractivity contribution < 1.29 is 4.79 Å². The largest absolute Gasteiger partial charge is 0.399 e. The number of fused-ring (bicyclic) bond motifs is 3. The third-order valence-corrected chi connectivity index (χ3v) is 9.57. The van der Waals surface area contributed by atoms with Crippen molar-refractivity contribution in [3.8, 4) is 6.07 Å². The zero-order valence-electron chi connectivity index (χ0n) is 26.5. The molecule has 0 aliphatic heterocycles. The third kappa shape index (κ3) is 4.67. The highest BCUT2D eigenvalue weighted by molar-refractivity contribution is 6.09. The number of nitriles is 1. The van der Waals surface area contributed by atoms with Crippen molar-refractivity contribution >= 4 is 17.0 Å². The van der Waals surface area contributed by atoms with Gasteiger partial charge in [0.25, 0.3) is 0 Å². The van der Waals surface area contributed by atoms with E-state index in [0.717, 1.165) is 47.5 Å². The minimum atomic E-state index is -1.28. The van der Waals surface area contributed by atoms with Crippen LogP contribution in [0.15, 0.2) is 47.7 Å². The lowest BCUT2D eigenvalue weighted by atomic mass is 9.48. The Hall–Kier alpha value is -3.18. The zero-order chi connectivity index (χ0) is 30.8. The van der Waals surface area contributed by atoms with Gasteiger partial charge in [0.05, 0.1) is 17.0 Å². The van der Waals surface area contributed by atoms with E-state index in [2.05, 4.69) is 77.3 Å². The molecule has 0 saturated heterocycles. The van der Waals surface area contributed by atoms with Crippen molar-refractivity contribution in [1.82, 2.24) is 10.2 Å². The first-order valence-corrected chi connectivity index (χ1v) is 14.4. The van der Waals surface area contributed by atoms with Gasteiger partial charge < -0.3 is 26.6 Å². The number of carbonyl (C=O) groups excluding carboxylic acids is 1. The molecular weight excluding hydrogens is 508 g/mol. The van der Waals surface area contributed by atoms with Crippen molar-refractivity contribution in [2.45, 2.75) is 65.6 Å². The average Bonchev–Trinajstić information content (AvgIpc) is 2.84. The van der Waals surface area contributed by atoms with Crippen LogP contribution in [0, 0.1) is 35.0 Å². The number of nitrogens with two attached hydrogens (primary N) is 2. The predicted octanol–water partition coefficient (Wildman–Crippen LogP) is 4.22. The first kappa shape index (κ1) is 30.8. The Morgan fingerprint density at radius 3 is 2.41 bits per heavy atom. The van der Waals surface area contributed by atoms with Gasteiger partial charge in [0.2, 0.25) is 0 Å². The van der Waals surface area contributed by atoms with E-state index in [1.165, 1.54) is 11.1 Å². The molecule has 4 rings (SSSR count). The molecular formula is C34H48N6O. The topological polar surface area (TPSA) is 111 Å². The summed E-state index contributed by atoms with van der Waals surface area (Å²) in [6.45, 7) is 20.8. The number of Topliss-reactive ketones (excluding diaryl/α,β-unsaturated/α-hetero) is 1. The fourth-order valence-electron chi connectivity index (χ4n) is 7.45. The molecule has 1 aromatic carbocycles. The summed E-state index contributed by atoms with van der Waals surface area (Å²) in [5, 5.41) is 14.4. The van der Waals surface area contributed by atoms with Gasteiger partial charge in [-0.25, -0.2) is 0 Å². The Balaban J connectivity index is 1.96. The summed E-state index contributed by atoms with van der Waals surface area (Å²) in [7, 11) is 8.04. The Bertz CT molecular complexity index is 1430. The van der Waals surface area contributed by atoms with Gasteiger partial charge >= 0.3 is 0 Å². The fourth-order valence-corrected chi connectivity index (χ4v) is 7.45. The summed E-state index contributed by atoms with van der Waals surface area (Å²) in [5.74, 6) is -0.283. The molecule has 0 radical (unpaired) electrons. The lowest BCUT2D eigenvalue weighted by molar-refractivity contribution is -0.128. The van der Waals surface area contributed by atoms with Crippen LogP contribution in [0.1, 0.15) is 56.4 Å². The second-order valence-corrected chi connectivity index (χ2v) is 14.1. The normalized spacial score (nSPS) is 27.6. The molecule has 4 atom stereocenters. The number of hydrogen-bond acceptors (Lipinski definition) is 7. The molecule has 0 fully saturated rings. The monoisotopic (exact) mass is 556 g/mol. The molecule has 220 valence electrons.